The van der Waals surface area contributed by atoms with Gasteiger partial charge in [-0.1, -0.05) is 53.5 Å². The second-order valence-electron chi connectivity index (χ2n) is 9.05. The van der Waals surface area contributed by atoms with E-state index < -0.39 is 23.3 Å². The van der Waals surface area contributed by atoms with Crippen molar-refractivity contribution in [3.8, 4) is 17.1 Å². The number of hydrogen-bond donors (Lipinski definition) is 0. The first kappa shape index (κ1) is 25.2. The Morgan fingerprint density at radius 2 is 1.44 bits per heavy atom. The first-order chi connectivity index (χ1) is 18.5. The highest BCUT2D eigenvalue weighted by Crippen LogP contribution is 2.36. The predicted molar refractivity (Wildman–Crippen MR) is 144 cm³/mol. The lowest BCUT2D eigenvalue weighted by molar-refractivity contribution is -0.137. The molecule has 194 valence electrons. The van der Waals surface area contributed by atoms with Gasteiger partial charge in [-0.15, -0.1) is 0 Å². The number of fused-ring (bicyclic) bond motifs is 2. The van der Waals surface area contributed by atoms with Gasteiger partial charge in [-0.3, -0.25) is 14.2 Å². The molecule has 0 bridgehead atoms. The monoisotopic (exact) mass is 565 g/mol. The molecule has 0 spiro atoms. The summed E-state index contributed by atoms with van der Waals surface area (Å²) in [5, 5.41) is 0.354. The largest absolute Gasteiger partial charge is 0.416 e. The van der Waals surface area contributed by atoms with Gasteiger partial charge in [-0.2, -0.15) is 13.2 Å². The van der Waals surface area contributed by atoms with Crippen LogP contribution in [-0.4, -0.2) is 25.7 Å². The highest BCUT2D eigenvalue weighted by Gasteiger charge is 2.35. The number of aromatic nitrogens is 3. The molecule has 0 unspecified atom stereocenters. The quantitative estimate of drug-likeness (QED) is 0.165. The van der Waals surface area contributed by atoms with Crippen molar-refractivity contribution in [2.45, 2.75) is 6.18 Å². The summed E-state index contributed by atoms with van der Waals surface area (Å²) >= 11 is 12.2. The maximum atomic E-state index is 13.2. The third kappa shape index (κ3) is 4.07. The number of hydrogen-bond acceptors (Lipinski definition) is 3. The lowest BCUT2D eigenvalue weighted by Gasteiger charge is -2.09. The SMILES string of the molecule is Cn1c(-c2ccc(C(F)(F)F)cc2)nc2c1cc(C=C1C(=O)c3cc(Cl)c(Cl)cc3C1=O)n2-c1ccccc1. The van der Waals surface area contributed by atoms with Crippen molar-refractivity contribution in [1.29, 1.82) is 0 Å². The summed E-state index contributed by atoms with van der Waals surface area (Å²) in [4.78, 5) is 31.1. The highest BCUT2D eigenvalue weighted by molar-refractivity contribution is 6.46. The number of rotatable bonds is 3. The van der Waals surface area contributed by atoms with E-state index in [4.69, 9.17) is 28.2 Å². The van der Waals surface area contributed by atoms with Crippen molar-refractivity contribution >= 4 is 52.0 Å². The first-order valence-electron chi connectivity index (χ1n) is 11.7. The van der Waals surface area contributed by atoms with Gasteiger partial charge in [0.2, 0.25) is 0 Å². The molecule has 0 atom stereocenters. The summed E-state index contributed by atoms with van der Waals surface area (Å²) in [5.41, 5.74) is 2.50. The fourth-order valence-corrected chi connectivity index (χ4v) is 5.09. The molecule has 1 aliphatic rings. The van der Waals surface area contributed by atoms with Crippen LogP contribution in [0, 0.1) is 0 Å². The van der Waals surface area contributed by atoms with Gasteiger partial charge >= 0.3 is 6.18 Å². The molecule has 0 N–H and O–H groups in total. The molecule has 0 saturated carbocycles. The van der Waals surface area contributed by atoms with Gasteiger partial charge < -0.3 is 4.57 Å². The van der Waals surface area contributed by atoms with Crippen LogP contribution in [0.4, 0.5) is 13.2 Å². The van der Waals surface area contributed by atoms with E-state index in [2.05, 4.69) is 0 Å². The minimum atomic E-state index is -4.44. The van der Waals surface area contributed by atoms with Crippen molar-refractivity contribution in [2.75, 3.05) is 0 Å². The topological polar surface area (TPSA) is 56.9 Å². The number of ketones is 2. The van der Waals surface area contributed by atoms with Gasteiger partial charge in [0.25, 0.3) is 0 Å². The van der Waals surface area contributed by atoms with E-state index in [1.807, 2.05) is 30.3 Å². The summed E-state index contributed by atoms with van der Waals surface area (Å²) in [7, 11) is 1.75. The number of nitrogens with zero attached hydrogens (tertiary/aromatic N) is 3. The number of carbonyl (C=O) groups excluding carboxylic acids is 2. The Hall–Kier alpha value is -4.14. The molecule has 6 rings (SSSR count). The summed E-state index contributed by atoms with van der Waals surface area (Å²) in [6.45, 7) is 0. The number of benzene rings is 3. The van der Waals surface area contributed by atoms with Crippen LogP contribution in [-0.2, 0) is 13.2 Å². The standard InChI is InChI=1S/C29H16Cl2F3N3O2/c1-36-24-12-18(11-21-25(38)19-13-22(30)23(31)14-20(19)26(21)39)37(17-5-3-2-4-6-17)28(24)35-27(36)15-7-9-16(10-8-15)29(32,33)34/h2-14H,1H3. The summed E-state index contributed by atoms with van der Waals surface area (Å²) in [6, 6.07) is 18.6. The number of imidazole rings is 1. The molecule has 1 aliphatic carbocycles. The van der Waals surface area contributed by atoms with E-state index in [9.17, 15) is 22.8 Å². The van der Waals surface area contributed by atoms with E-state index in [0.29, 0.717) is 28.2 Å². The van der Waals surface area contributed by atoms with E-state index in [1.165, 1.54) is 30.3 Å². The van der Waals surface area contributed by atoms with Crippen LogP contribution in [0.25, 0.3) is 34.3 Å². The van der Waals surface area contributed by atoms with Crippen LogP contribution in [0.15, 0.2) is 78.4 Å². The van der Waals surface area contributed by atoms with E-state index in [-0.39, 0.29) is 26.7 Å². The van der Waals surface area contributed by atoms with Crippen LogP contribution in [0.5, 0.6) is 0 Å². The fraction of sp³-hybridized carbons (Fsp3) is 0.0690. The van der Waals surface area contributed by atoms with Gasteiger partial charge in [0.1, 0.15) is 5.82 Å². The Kier molecular flexibility index (Phi) is 5.78. The smallest absolute Gasteiger partial charge is 0.326 e. The van der Waals surface area contributed by atoms with Crippen molar-refractivity contribution < 1.29 is 22.8 Å². The fourth-order valence-electron chi connectivity index (χ4n) is 4.77. The second kappa shape index (κ2) is 8.97. The van der Waals surface area contributed by atoms with Gasteiger partial charge in [0.05, 0.1) is 32.4 Å². The molecule has 39 heavy (non-hydrogen) atoms. The van der Waals surface area contributed by atoms with Gasteiger partial charge in [0, 0.05) is 29.4 Å². The number of halogens is 5. The zero-order chi connectivity index (χ0) is 27.6. The molecule has 0 amide bonds. The number of alkyl halides is 3. The molecule has 5 nitrogen and oxygen atoms in total. The Balaban J connectivity index is 1.52. The molecule has 10 heteroatoms. The van der Waals surface area contributed by atoms with E-state index in [0.717, 1.165) is 17.8 Å². The molecule has 0 fully saturated rings. The summed E-state index contributed by atoms with van der Waals surface area (Å²) in [6.07, 6.45) is -2.93. The zero-order valence-electron chi connectivity index (χ0n) is 20.1. The maximum Gasteiger partial charge on any atom is 0.416 e. The van der Waals surface area contributed by atoms with Gasteiger partial charge in [-0.25, -0.2) is 4.98 Å². The zero-order valence-corrected chi connectivity index (χ0v) is 21.6. The molecular weight excluding hydrogens is 550 g/mol. The maximum absolute atomic E-state index is 13.2. The molecule has 5 aromatic rings. The molecule has 3 aromatic carbocycles. The summed E-state index contributed by atoms with van der Waals surface area (Å²) in [5.74, 6) is -0.462. The Labute approximate surface area is 229 Å². The van der Waals surface area contributed by atoms with Crippen LogP contribution in [0.3, 0.4) is 0 Å². The van der Waals surface area contributed by atoms with Gasteiger partial charge in [-0.05, 0) is 48.5 Å². The first-order valence-corrected chi connectivity index (χ1v) is 12.4. The van der Waals surface area contributed by atoms with Crippen LogP contribution >= 0.6 is 23.2 Å². The van der Waals surface area contributed by atoms with Crippen LogP contribution in [0.1, 0.15) is 32.0 Å². The molecule has 2 heterocycles. The minimum absolute atomic E-state index is 0.0358. The van der Waals surface area contributed by atoms with Crippen molar-refractivity contribution in [3.05, 3.63) is 111 Å². The lowest BCUT2D eigenvalue weighted by Crippen LogP contribution is -2.04. The van der Waals surface area contributed by atoms with Crippen LogP contribution < -0.4 is 0 Å². The molecular formula is C29H16Cl2F3N3O2. The Morgan fingerprint density at radius 3 is 2.00 bits per heavy atom. The number of carbonyl (C=O) groups is 2. The van der Waals surface area contributed by atoms with Crippen molar-refractivity contribution in [2.24, 2.45) is 7.05 Å². The van der Waals surface area contributed by atoms with E-state index >= 15 is 0 Å². The third-order valence-corrected chi connectivity index (χ3v) is 7.41. The number of aryl methyl sites for hydroxylation is 1. The second-order valence-corrected chi connectivity index (χ2v) is 9.86. The highest BCUT2D eigenvalue weighted by atomic mass is 35.5. The minimum Gasteiger partial charge on any atom is -0.326 e. The number of para-hydroxylation sites is 1. The van der Waals surface area contributed by atoms with Gasteiger partial charge in [0.15, 0.2) is 17.2 Å². The predicted octanol–water partition coefficient (Wildman–Crippen LogP) is 7.82. The average molecular weight is 566 g/mol. The molecule has 0 aliphatic heterocycles. The summed E-state index contributed by atoms with van der Waals surface area (Å²) < 4.78 is 42.7. The van der Waals surface area contributed by atoms with E-state index in [1.54, 1.807) is 22.2 Å². The molecule has 0 saturated heterocycles. The molecule has 0 radical (unpaired) electrons. The molecule has 2 aromatic heterocycles. The van der Waals surface area contributed by atoms with Crippen LogP contribution in [0.2, 0.25) is 10.0 Å². The Bertz CT molecular complexity index is 1810. The van der Waals surface area contributed by atoms with Crippen molar-refractivity contribution in [1.82, 2.24) is 14.1 Å². The normalized spacial score (nSPS) is 13.4. The third-order valence-electron chi connectivity index (χ3n) is 6.69. The van der Waals surface area contributed by atoms with Crippen molar-refractivity contribution in [3.63, 3.8) is 0 Å². The Morgan fingerprint density at radius 1 is 0.846 bits per heavy atom. The number of Topliss-reactive ketones (excluding diaryl/α,β-unsaturated/α-hetero) is 2. The number of allylic oxidation sites excluding steroid dienone is 1. The average Bonchev–Trinajstić information content (AvgIpc) is 3.50. The lowest BCUT2D eigenvalue weighted by atomic mass is 10.1.